The van der Waals surface area contributed by atoms with Gasteiger partial charge in [0.15, 0.2) is 0 Å². The van der Waals surface area contributed by atoms with E-state index in [0.717, 1.165) is 34.5 Å². The molecule has 21 heavy (non-hydrogen) atoms. The van der Waals surface area contributed by atoms with E-state index >= 15 is 0 Å². The van der Waals surface area contributed by atoms with Crippen LogP contribution in [0.5, 0.6) is 0 Å². The Balaban J connectivity index is 1.77. The van der Waals surface area contributed by atoms with Gasteiger partial charge in [-0.1, -0.05) is 41.9 Å². The fourth-order valence-corrected chi connectivity index (χ4v) is 3.03. The smallest absolute Gasteiger partial charge is 0.0723 e. The molecule has 1 aromatic heterocycles. The molecule has 0 atom stereocenters. The van der Waals surface area contributed by atoms with Gasteiger partial charge in [-0.25, -0.2) is 0 Å². The van der Waals surface area contributed by atoms with Gasteiger partial charge in [-0.05, 0) is 42.7 Å². The number of anilines is 1. The lowest BCUT2D eigenvalue weighted by Gasteiger charge is -2.20. The fourth-order valence-electron chi connectivity index (χ4n) is 2.85. The first kappa shape index (κ1) is 12.7. The number of hydrogen-bond acceptors (Lipinski definition) is 2. The molecule has 0 spiro atoms. The topological polar surface area (TPSA) is 24.9 Å². The molecule has 1 N–H and O–H groups in total. The molecular formula is C18H15ClN2. The average molecular weight is 295 g/mol. The van der Waals surface area contributed by atoms with Crippen molar-refractivity contribution in [2.24, 2.45) is 0 Å². The Bertz CT molecular complexity index is 795. The summed E-state index contributed by atoms with van der Waals surface area (Å²) in [5.41, 5.74) is 3.48. The van der Waals surface area contributed by atoms with E-state index in [0.29, 0.717) is 0 Å². The van der Waals surface area contributed by atoms with Crippen LogP contribution in [0.25, 0.3) is 10.9 Å². The van der Waals surface area contributed by atoms with Crippen LogP contribution in [-0.4, -0.2) is 4.98 Å². The van der Waals surface area contributed by atoms with Gasteiger partial charge in [0, 0.05) is 22.3 Å². The molecule has 104 valence electrons. The van der Waals surface area contributed by atoms with E-state index in [9.17, 15) is 0 Å². The molecule has 0 radical (unpaired) electrons. The second kappa shape index (κ2) is 4.74. The van der Waals surface area contributed by atoms with E-state index in [4.69, 9.17) is 11.6 Å². The van der Waals surface area contributed by atoms with Crippen molar-refractivity contribution in [1.29, 1.82) is 0 Å². The molecule has 0 amide bonds. The van der Waals surface area contributed by atoms with E-state index in [-0.39, 0.29) is 5.54 Å². The van der Waals surface area contributed by atoms with Crippen molar-refractivity contribution >= 4 is 28.2 Å². The largest absolute Gasteiger partial charge is 0.375 e. The Morgan fingerprint density at radius 3 is 2.57 bits per heavy atom. The highest BCUT2D eigenvalue weighted by molar-refractivity contribution is 6.31. The molecule has 2 nitrogen and oxygen atoms in total. The number of aromatic nitrogens is 1. The fraction of sp³-hybridized carbons (Fsp3) is 0.167. The molecule has 0 unspecified atom stereocenters. The predicted molar refractivity (Wildman–Crippen MR) is 87.7 cm³/mol. The Morgan fingerprint density at radius 1 is 1.00 bits per heavy atom. The maximum Gasteiger partial charge on any atom is 0.0723 e. The molecule has 4 rings (SSSR count). The summed E-state index contributed by atoms with van der Waals surface area (Å²) in [6, 6.07) is 18.5. The number of nitrogens with one attached hydrogen (secondary N) is 1. The molecule has 3 heteroatoms. The second-order valence-electron chi connectivity index (χ2n) is 5.59. The molecule has 1 aliphatic rings. The third-order valence-electron chi connectivity index (χ3n) is 4.15. The highest BCUT2D eigenvalue weighted by atomic mass is 35.5. The molecule has 1 saturated carbocycles. The van der Waals surface area contributed by atoms with Crippen LogP contribution in [0.15, 0.2) is 60.8 Å². The number of fused-ring (bicyclic) bond motifs is 1. The van der Waals surface area contributed by atoms with Crippen LogP contribution >= 0.6 is 11.6 Å². The summed E-state index contributed by atoms with van der Waals surface area (Å²) >= 11 is 6.14. The van der Waals surface area contributed by atoms with Crippen LogP contribution in [0.3, 0.4) is 0 Å². The van der Waals surface area contributed by atoms with Gasteiger partial charge in [-0.2, -0.15) is 0 Å². The maximum absolute atomic E-state index is 6.14. The highest BCUT2D eigenvalue weighted by Gasteiger charge is 2.44. The Kier molecular flexibility index (Phi) is 2.86. The molecule has 3 aromatic rings. The minimum atomic E-state index is 0.0673. The Hall–Kier alpha value is -2.06. The van der Waals surface area contributed by atoms with E-state index in [1.807, 2.05) is 30.5 Å². The van der Waals surface area contributed by atoms with Gasteiger partial charge in [0.2, 0.25) is 0 Å². The average Bonchev–Trinajstić information content (AvgIpc) is 3.30. The molecule has 1 heterocycles. The number of nitrogens with zero attached hydrogens (tertiary/aromatic N) is 1. The lowest BCUT2D eigenvalue weighted by Crippen LogP contribution is -2.18. The molecular weight excluding hydrogens is 280 g/mol. The van der Waals surface area contributed by atoms with Gasteiger partial charge < -0.3 is 5.32 Å². The zero-order valence-corrected chi connectivity index (χ0v) is 12.3. The van der Waals surface area contributed by atoms with Gasteiger partial charge in [-0.3, -0.25) is 4.98 Å². The number of pyridine rings is 1. The normalized spacial score (nSPS) is 15.9. The third-order valence-corrected chi connectivity index (χ3v) is 4.39. The number of hydrogen-bond donors (Lipinski definition) is 1. The summed E-state index contributed by atoms with van der Waals surface area (Å²) < 4.78 is 0. The minimum Gasteiger partial charge on any atom is -0.375 e. The van der Waals surface area contributed by atoms with Gasteiger partial charge in [-0.15, -0.1) is 0 Å². The van der Waals surface area contributed by atoms with Crippen LogP contribution in [0, 0.1) is 0 Å². The quantitative estimate of drug-likeness (QED) is 0.736. The highest BCUT2D eigenvalue weighted by Crippen LogP contribution is 2.48. The van der Waals surface area contributed by atoms with Gasteiger partial charge >= 0.3 is 0 Å². The van der Waals surface area contributed by atoms with Crippen molar-refractivity contribution in [2.45, 2.75) is 18.4 Å². The van der Waals surface area contributed by atoms with E-state index in [1.165, 1.54) is 5.56 Å². The second-order valence-corrected chi connectivity index (χ2v) is 6.03. The first-order valence-corrected chi connectivity index (χ1v) is 7.53. The summed E-state index contributed by atoms with van der Waals surface area (Å²) in [5, 5.41) is 5.53. The minimum absolute atomic E-state index is 0.0673. The first-order valence-electron chi connectivity index (χ1n) is 7.15. The SMILES string of the molecule is Clc1ccc2nccc(NC3(c4ccccc4)CC3)c2c1. The van der Waals surface area contributed by atoms with Crippen molar-refractivity contribution < 1.29 is 0 Å². The van der Waals surface area contributed by atoms with Crippen LogP contribution in [0.2, 0.25) is 5.02 Å². The zero-order valence-electron chi connectivity index (χ0n) is 11.5. The van der Waals surface area contributed by atoms with E-state index < -0.39 is 0 Å². The van der Waals surface area contributed by atoms with Crippen LogP contribution in [-0.2, 0) is 5.54 Å². The van der Waals surface area contributed by atoms with Gasteiger partial charge in [0.1, 0.15) is 0 Å². The van der Waals surface area contributed by atoms with Crippen molar-refractivity contribution in [1.82, 2.24) is 4.98 Å². The van der Waals surface area contributed by atoms with Crippen LogP contribution in [0.1, 0.15) is 18.4 Å². The molecule has 0 bridgehead atoms. The summed E-state index contributed by atoms with van der Waals surface area (Å²) in [6.45, 7) is 0. The molecule has 1 aliphatic carbocycles. The lowest BCUT2D eigenvalue weighted by molar-refractivity contribution is 0.810. The third kappa shape index (κ3) is 2.26. The first-order chi connectivity index (χ1) is 10.3. The van der Waals surface area contributed by atoms with E-state index in [2.05, 4.69) is 40.6 Å². The molecule has 0 aliphatic heterocycles. The summed E-state index contributed by atoms with van der Waals surface area (Å²) in [6.07, 6.45) is 4.16. The van der Waals surface area contributed by atoms with Crippen molar-refractivity contribution in [3.63, 3.8) is 0 Å². The Labute approximate surface area is 128 Å². The van der Waals surface area contributed by atoms with Gasteiger partial charge in [0.25, 0.3) is 0 Å². The monoisotopic (exact) mass is 294 g/mol. The summed E-state index contributed by atoms with van der Waals surface area (Å²) in [7, 11) is 0. The van der Waals surface area contributed by atoms with E-state index in [1.54, 1.807) is 0 Å². The summed E-state index contributed by atoms with van der Waals surface area (Å²) in [4.78, 5) is 4.41. The van der Waals surface area contributed by atoms with Crippen molar-refractivity contribution in [2.75, 3.05) is 5.32 Å². The summed E-state index contributed by atoms with van der Waals surface area (Å²) in [5.74, 6) is 0. The predicted octanol–water partition coefficient (Wildman–Crippen LogP) is 4.99. The maximum atomic E-state index is 6.14. The van der Waals surface area contributed by atoms with Gasteiger partial charge in [0.05, 0.1) is 11.1 Å². The van der Waals surface area contributed by atoms with Crippen LogP contribution < -0.4 is 5.32 Å². The number of benzene rings is 2. The Morgan fingerprint density at radius 2 is 1.81 bits per heavy atom. The number of halogens is 1. The van der Waals surface area contributed by atoms with Crippen LogP contribution in [0.4, 0.5) is 5.69 Å². The molecule has 2 aromatic carbocycles. The van der Waals surface area contributed by atoms with Crippen molar-refractivity contribution in [3.8, 4) is 0 Å². The number of rotatable bonds is 3. The molecule has 0 saturated heterocycles. The molecule has 1 fully saturated rings. The zero-order chi connectivity index (χ0) is 14.3. The standard InChI is InChI=1S/C18H15ClN2/c19-14-6-7-16-15(12-14)17(8-11-20-16)21-18(9-10-18)13-4-2-1-3-5-13/h1-8,11-12H,9-10H2,(H,20,21). The lowest BCUT2D eigenvalue weighted by atomic mass is 10.0. The van der Waals surface area contributed by atoms with Crippen molar-refractivity contribution in [3.05, 3.63) is 71.4 Å².